The van der Waals surface area contributed by atoms with Crippen molar-refractivity contribution in [1.82, 2.24) is 9.99 Å². The van der Waals surface area contributed by atoms with E-state index in [4.69, 9.17) is 0 Å². The quantitative estimate of drug-likeness (QED) is 0.275. The highest BCUT2D eigenvalue weighted by molar-refractivity contribution is 5.95. The van der Waals surface area contributed by atoms with Gasteiger partial charge in [0.2, 0.25) is 5.91 Å². The van der Waals surface area contributed by atoms with Gasteiger partial charge in [0.25, 0.3) is 0 Å². The minimum atomic E-state index is -1.22. The van der Waals surface area contributed by atoms with Gasteiger partial charge in [-0.25, -0.2) is 15.0 Å². The maximum Gasteiger partial charge on any atom is 0.335 e. The van der Waals surface area contributed by atoms with E-state index in [2.05, 4.69) is 10.5 Å². The number of fused-ring (bicyclic) bond motifs is 1. The molecule has 0 atom stereocenters. The number of aromatic nitrogens is 1. The van der Waals surface area contributed by atoms with Gasteiger partial charge in [-0.05, 0) is 54.4 Å². The number of rotatable bonds is 7. The van der Waals surface area contributed by atoms with Crippen LogP contribution in [0.1, 0.15) is 43.2 Å². The second-order valence-corrected chi connectivity index (χ2v) is 8.15. The lowest BCUT2D eigenvalue weighted by Gasteiger charge is -2.12. The van der Waals surface area contributed by atoms with Crippen molar-refractivity contribution in [2.75, 3.05) is 0 Å². The summed E-state index contributed by atoms with van der Waals surface area (Å²) in [7, 11) is 0. The molecule has 35 heavy (non-hydrogen) atoms. The minimum Gasteiger partial charge on any atom is -0.478 e. The molecule has 4 rings (SSSR count). The number of hydrogen-bond donors (Lipinski definition) is 3. The summed E-state index contributed by atoms with van der Waals surface area (Å²) < 4.78 is 1.75. The van der Waals surface area contributed by atoms with Crippen LogP contribution in [-0.2, 0) is 11.2 Å². The average molecular weight is 469 g/mol. The first kappa shape index (κ1) is 23.4. The number of nitrogens with zero attached hydrogens (tertiary/aromatic N) is 2. The lowest BCUT2D eigenvalue weighted by molar-refractivity contribution is -0.120. The number of amides is 1. The highest BCUT2D eigenvalue weighted by atomic mass is 16.4. The Bertz CT molecular complexity index is 1460. The Balaban J connectivity index is 1.55. The number of carbonyl (C=O) groups excluding carboxylic acids is 1. The van der Waals surface area contributed by atoms with Crippen molar-refractivity contribution in [2.24, 2.45) is 5.10 Å². The van der Waals surface area contributed by atoms with E-state index in [0.29, 0.717) is 16.9 Å². The number of hydrazone groups is 1. The van der Waals surface area contributed by atoms with Gasteiger partial charge in [-0.15, -0.1) is 0 Å². The normalized spacial score (nSPS) is 11.1. The molecular formula is C27H23N3O5. The van der Waals surface area contributed by atoms with Crippen LogP contribution in [0.25, 0.3) is 16.5 Å². The Morgan fingerprint density at radius 3 is 2.26 bits per heavy atom. The van der Waals surface area contributed by atoms with Gasteiger partial charge in [0.15, 0.2) is 0 Å². The molecule has 3 aromatic carbocycles. The van der Waals surface area contributed by atoms with Crippen molar-refractivity contribution in [3.63, 3.8) is 0 Å². The van der Waals surface area contributed by atoms with Crippen molar-refractivity contribution in [3.8, 4) is 5.69 Å². The summed E-state index contributed by atoms with van der Waals surface area (Å²) in [6.45, 7) is 3.62. The zero-order chi connectivity index (χ0) is 25.1. The highest BCUT2D eigenvalue weighted by Gasteiger charge is 2.16. The zero-order valence-electron chi connectivity index (χ0n) is 19.1. The molecule has 4 aromatic rings. The van der Waals surface area contributed by atoms with Crippen molar-refractivity contribution in [3.05, 3.63) is 100 Å². The second kappa shape index (κ2) is 9.64. The van der Waals surface area contributed by atoms with Crippen LogP contribution in [0.5, 0.6) is 0 Å². The zero-order valence-corrected chi connectivity index (χ0v) is 19.1. The average Bonchev–Trinajstić information content (AvgIpc) is 3.11. The Morgan fingerprint density at radius 1 is 0.914 bits per heavy atom. The van der Waals surface area contributed by atoms with E-state index in [9.17, 15) is 24.6 Å². The van der Waals surface area contributed by atoms with Gasteiger partial charge >= 0.3 is 11.9 Å². The molecule has 0 spiro atoms. The molecular weight excluding hydrogens is 446 g/mol. The van der Waals surface area contributed by atoms with Gasteiger partial charge in [0.1, 0.15) is 0 Å². The predicted octanol–water partition coefficient (Wildman–Crippen LogP) is 4.34. The van der Waals surface area contributed by atoms with Crippen molar-refractivity contribution in [1.29, 1.82) is 0 Å². The highest BCUT2D eigenvalue weighted by Crippen LogP contribution is 2.23. The van der Waals surface area contributed by atoms with E-state index in [1.165, 1.54) is 18.3 Å². The molecule has 0 saturated heterocycles. The topological polar surface area (TPSA) is 121 Å². The number of carboxylic acid groups (broad SMARTS) is 2. The van der Waals surface area contributed by atoms with Gasteiger partial charge in [-0.1, -0.05) is 42.5 Å². The van der Waals surface area contributed by atoms with E-state index < -0.39 is 11.9 Å². The van der Waals surface area contributed by atoms with Gasteiger partial charge in [-0.3, -0.25) is 4.79 Å². The predicted molar refractivity (Wildman–Crippen MR) is 133 cm³/mol. The first-order chi connectivity index (χ1) is 16.7. The Hall–Kier alpha value is -4.72. The molecule has 0 fully saturated rings. The number of carboxylic acids is 2. The summed E-state index contributed by atoms with van der Waals surface area (Å²) in [6, 6.07) is 19.5. The van der Waals surface area contributed by atoms with Crippen molar-refractivity contribution < 1.29 is 24.6 Å². The number of aromatic carboxylic acids is 2. The van der Waals surface area contributed by atoms with Crippen LogP contribution < -0.4 is 5.43 Å². The third kappa shape index (κ3) is 4.96. The molecule has 8 heteroatoms. The fraction of sp³-hybridized carbons (Fsp3) is 0.111. The summed E-state index contributed by atoms with van der Waals surface area (Å²) in [4.78, 5) is 35.4. The summed E-state index contributed by atoms with van der Waals surface area (Å²) in [5, 5.41) is 24.9. The van der Waals surface area contributed by atoms with E-state index in [0.717, 1.165) is 28.1 Å². The van der Waals surface area contributed by atoms with E-state index >= 15 is 0 Å². The lowest BCUT2D eigenvalue weighted by atomic mass is 10.0. The van der Waals surface area contributed by atoms with Gasteiger partial charge in [0.05, 0.1) is 23.8 Å². The molecule has 0 bridgehead atoms. The Morgan fingerprint density at radius 2 is 1.57 bits per heavy atom. The fourth-order valence-corrected chi connectivity index (χ4v) is 4.14. The summed E-state index contributed by atoms with van der Waals surface area (Å²) in [5.74, 6) is -2.69. The summed E-state index contributed by atoms with van der Waals surface area (Å²) >= 11 is 0. The van der Waals surface area contributed by atoms with Crippen LogP contribution in [0.4, 0.5) is 0 Å². The molecule has 0 aliphatic rings. The van der Waals surface area contributed by atoms with Crippen LogP contribution in [0, 0.1) is 13.8 Å². The Labute approximate surface area is 201 Å². The van der Waals surface area contributed by atoms with Gasteiger partial charge in [0, 0.05) is 22.6 Å². The fourth-order valence-electron chi connectivity index (χ4n) is 4.14. The lowest BCUT2D eigenvalue weighted by Crippen LogP contribution is -2.20. The molecule has 0 unspecified atom stereocenters. The first-order valence-electron chi connectivity index (χ1n) is 10.8. The van der Waals surface area contributed by atoms with Crippen molar-refractivity contribution in [2.45, 2.75) is 20.3 Å². The smallest absolute Gasteiger partial charge is 0.335 e. The monoisotopic (exact) mass is 469 g/mol. The third-order valence-electron chi connectivity index (χ3n) is 5.76. The number of nitrogens with one attached hydrogen (secondary N) is 1. The maximum absolute atomic E-state index is 12.5. The van der Waals surface area contributed by atoms with Crippen LogP contribution in [0.2, 0.25) is 0 Å². The van der Waals surface area contributed by atoms with Crippen LogP contribution in [-0.4, -0.2) is 38.8 Å². The number of carbonyl (C=O) groups is 3. The molecule has 0 aliphatic heterocycles. The van der Waals surface area contributed by atoms with Crippen LogP contribution in [0.3, 0.4) is 0 Å². The maximum atomic E-state index is 12.5. The van der Waals surface area contributed by atoms with Crippen molar-refractivity contribution >= 4 is 34.8 Å². The molecule has 1 heterocycles. The summed E-state index contributed by atoms with van der Waals surface area (Å²) in [6.07, 6.45) is 1.69. The van der Waals surface area contributed by atoms with E-state index in [1.54, 1.807) is 11.5 Å². The number of benzene rings is 3. The molecule has 0 radical (unpaired) electrons. The molecule has 0 saturated carbocycles. The minimum absolute atomic E-state index is 0.122. The number of aryl methyl sites for hydroxylation is 1. The molecule has 1 amide bonds. The molecule has 1 aromatic heterocycles. The van der Waals surface area contributed by atoms with Crippen LogP contribution in [0.15, 0.2) is 71.8 Å². The second-order valence-electron chi connectivity index (χ2n) is 8.15. The third-order valence-corrected chi connectivity index (χ3v) is 5.76. The van der Waals surface area contributed by atoms with Gasteiger partial charge < -0.3 is 14.8 Å². The largest absolute Gasteiger partial charge is 0.478 e. The SMILES string of the molecule is Cc1cc(/C=N\NC(=O)Cc2cccc3ccccc23)c(C)n1-c1cc(C(=O)O)cc(C(=O)O)c1. The molecule has 0 aliphatic carbocycles. The first-order valence-corrected chi connectivity index (χ1v) is 10.8. The van der Waals surface area contributed by atoms with Gasteiger partial charge in [-0.2, -0.15) is 5.10 Å². The standard InChI is InChI=1S/C27H23N3O5/c1-16-10-22(17(2)30(16)23-12-20(26(32)33)11-21(13-23)27(34)35)15-28-29-25(31)14-19-8-5-7-18-6-3-4-9-24(18)19/h3-13,15H,14H2,1-2H3,(H,29,31)(H,32,33)(H,34,35)/b28-15-. The van der Waals surface area contributed by atoms with E-state index in [1.807, 2.05) is 55.5 Å². The molecule has 3 N–H and O–H groups in total. The van der Waals surface area contributed by atoms with Crippen LogP contribution >= 0.6 is 0 Å². The molecule has 176 valence electrons. The molecule has 8 nitrogen and oxygen atoms in total. The number of hydrogen-bond acceptors (Lipinski definition) is 4. The van der Waals surface area contributed by atoms with E-state index in [-0.39, 0.29) is 23.5 Å². The Kier molecular flexibility index (Phi) is 6.46. The summed E-state index contributed by atoms with van der Waals surface area (Å²) in [5.41, 5.74) is 5.80.